The summed E-state index contributed by atoms with van der Waals surface area (Å²) in [4.78, 5) is 0. The molecule has 0 spiro atoms. The average molecular weight is 349 g/mol. The predicted octanol–water partition coefficient (Wildman–Crippen LogP) is 7.37. The molecule has 0 heterocycles. The van der Waals surface area contributed by atoms with E-state index in [9.17, 15) is 0 Å². The standard InChI is InChI=1S/C21H26Cl2/c1-17(12-13-19-14-15-20(22)21(23)16-19)8-4-2-5-9-18-10-6-3-7-11-18/h3,6-7,10-11,14-17H,2,4-5,8-9,12-13H2,1H3. The lowest BCUT2D eigenvalue weighted by Gasteiger charge is -2.11. The summed E-state index contributed by atoms with van der Waals surface area (Å²) in [5.74, 6) is 0.765. The van der Waals surface area contributed by atoms with Crippen LogP contribution in [0.4, 0.5) is 0 Å². The Kier molecular flexibility index (Phi) is 7.99. The van der Waals surface area contributed by atoms with Crippen molar-refractivity contribution in [3.8, 4) is 0 Å². The van der Waals surface area contributed by atoms with E-state index in [0.29, 0.717) is 10.0 Å². The molecule has 0 aliphatic rings. The molecule has 0 aliphatic heterocycles. The van der Waals surface area contributed by atoms with Gasteiger partial charge >= 0.3 is 0 Å². The Bertz CT molecular complexity index is 578. The zero-order valence-electron chi connectivity index (χ0n) is 13.9. The Balaban J connectivity index is 1.58. The lowest BCUT2D eigenvalue weighted by Crippen LogP contribution is -1.98. The maximum atomic E-state index is 6.07. The molecule has 0 aliphatic carbocycles. The maximum absolute atomic E-state index is 6.07. The highest BCUT2D eigenvalue weighted by atomic mass is 35.5. The van der Waals surface area contributed by atoms with Gasteiger partial charge in [0.15, 0.2) is 0 Å². The van der Waals surface area contributed by atoms with Crippen LogP contribution in [0.5, 0.6) is 0 Å². The molecule has 0 nitrogen and oxygen atoms in total. The topological polar surface area (TPSA) is 0 Å². The Morgan fingerprint density at radius 2 is 1.52 bits per heavy atom. The molecule has 2 heteroatoms. The Morgan fingerprint density at radius 1 is 0.739 bits per heavy atom. The molecule has 23 heavy (non-hydrogen) atoms. The van der Waals surface area contributed by atoms with Crippen molar-refractivity contribution in [2.24, 2.45) is 5.92 Å². The van der Waals surface area contributed by atoms with Gasteiger partial charge in [0.25, 0.3) is 0 Å². The summed E-state index contributed by atoms with van der Waals surface area (Å²) in [6.45, 7) is 2.36. The number of hydrogen-bond donors (Lipinski definition) is 0. The van der Waals surface area contributed by atoms with Gasteiger partial charge in [0.1, 0.15) is 0 Å². The van der Waals surface area contributed by atoms with Gasteiger partial charge in [-0.05, 0) is 54.9 Å². The summed E-state index contributed by atoms with van der Waals surface area (Å²) in [7, 11) is 0. The van der Waals surface area contributed by atoms with Crippen LogP contribution in [-0.2, 0) is 12.8 Å². The molecule has 124 valence electrons. The monoisotopic (exact) mass is 348 g/mol. The van der Waals surface area contributed by atoms with Crippen LogP contribution >= 0.6 is 23.2 Å². The summed E-state index contributed by atoms with van der Waals surface area (Å²) < 4.78 is 0. The highest BCUT2D eigenvalue weighted by Crippen LogP contribution is 2.24. The van der Waals surface area contributed by atoms with Crippen molar-refractivity contribution in [3.05, 3.63) is 69.7 Å². The summed E-state index contributed by atoms with van der Waals surface area (Å²) in [5.41, 5.74) is 2.75. The first kappa shape index (κ1) is 18.4. The van der Waals surface area contributed by atoms with E-state index >= 15 is 0 Å². The fourth-order valence-corrected chi connectivity index (χ4v) is 3.22. The highest BCUT2D eigenvalue weighted by molar-refractivity contribution is 6.42. The summed E-state index contributed by atoms with van der Waals surface area (Å²) in [5, 5.41) is 1.31. The molecule has 0 saturated heterocycles. The smallest absolute Gasteiger partial charge is 0.0595 e. The Morgan fingerprint density at radius 3 is 2.26 bits per heavy atom. The number of unbranched alkanes of at least 4 members (excludes halogenated alkanes) is 2. The molecule has 1 unspecified atom stereocenters. The van der Waals surface area contributed by atoms with Crippen LogP contribution in [0.3, 0.4) is 0 Å². The van der Waals surface area contributed by atoms with E-state index < -0.39 is 0 Å². The molecule has 0 fully saturated rings. The summed E-state index contributed by atoms with van der Waals surface area (Å²) in [6.07, 6.45) is 8.78. The first-order valence-electron chi connectivity index (χ1n) is 8.63. The third kappa shape index (κ3) is 6.97. The van der Waals surface area contributed by atoms with Crippen molar-refractivity contribution in [3.63, 3.8) is 0 Å². The average Bonchev–Trinajstić information content (AvgIpc) is 2.56. The lowest BCUT2D eigenvalue weighted by molar-refractivity contribution is 0.461. The molecule has 0 bridgehead atoms. The number of benzene rings is 2. The Labute approximate surface area is 150 Å². The largest absolute Gasteiger partial charge is 0.0827 e. The minimum atomic E-state index is 0.641. The molecule has 0 radical (unpaired) electrons. The van der Waals surface area contributed by atoms with Crippen molar-refractivity contribution in [1.29, 1.82) is 0 Å². The van der Waals surface area contributed by atoms with Gasteiger partial charge in [-0.15, -0.1) is 0 Å². The first-order valence-corrected chi connectivity index (χ1v) is 9.38. The van der Waals surface area contributed by atoms with E-state index in [2.05, 4.69) is 43.3 Å². The number of rotatable bonds is 9. The van der Waals surface area contributed by atoms with Crippen LogP contribution in [-0.4, -0.2) is 0 Å². The van der Waals surface area contributed by atoms with Gasteiger partial charge in [0.05, 0.1) is 10.0 Å². The lowest BCUT2D eigenvalue weighted by atomic mass is 9.95. The fourth-order valence-electron chi connectivity index (χ4n) is 2.90. The molecule has 0 N–H and O–H groups in total. The van der Waals surface area contributed by atoms with E-state index in [4.69, 9.17) is 23.2 Å². The van der Waals surface area contributed by atoms with Crippen molar-refractivity contribution in [2.45, 2.75) is 51.9 Å². The second kappa shape index (κ2) is 10.0. The molecular weight excluding hydrogens is 323 g/mol. The van der Waals surface area contributed by atoms with Crippen LogP contribution in [0, 0.1) is 5.92 Å². The van der Waals surface area contributed by atoms with Crippen molar-refractivity contribution in [2.75, 3.05) is 0 Å². The fraction of sp³-hybridized carbons (Fsp3) is 0.429. The number of halogens is 2. The van der Waals surface area contributed by atoms with Crippen LogP contribution in [0.2, 0.25) is 10.0 Å². The molecule has 0 amide bonds. The van der Waals surface area contributed by atoms with Crippen molar-refractivity contribution < 1.29 is 0 Å². The van der Waals surface area contributed by atoms with E-state index in [1.807, 2.05) is 12.1 Å². The number of aryl methyl sites for hydroxylation is 2. The Hall–Kier alpha value is -0.980. The molecule has 2 aromatic carbocycles. The summed E-state index contributed by atoms with van der Waals surface area (Å²) in [6, 6.07) is 16.8. The number of hydrogen-bond acceptors (Lipinski definition) is 0. The second-order valence-electron chi connectivity index (χ2n) is 6.48. The zero-order chi connectivity index (χ0) is 16.5. The molecule has 0 saturated carbocycles. The molecule has 2 rings (SSSR count). The quantitative estimate of drug-likeness (QED) is 0.415. The third-order valence-electron chi connectivity index (χ3n) is 4.42. The van der Waals surface area contributed by atoms with Gasteiger partial charge < -0.3 is 0 Å². The van der Waals surface area contributed by atoms with Gasteiger partial charge in [-0.2, -0.15) is 0 Å². The summed E-state index contributed by atoms with van der Waals surface area (Å²) >= 11 is 12.0. The molecule has 0 aromatic heterocycles. The van der Waals surface area contributed by atoms with E-state index in [-0.39, 0.29) is 0 Å². The van der Waals surface area contributed by atoms with Gasteiger partial charge in [-0.25, -0.2) is 0 Å². The highest BCUT2D eigenvalue weighted by Gasteiger charge is 2.05. The minimum Gasteiger partial charge on any atom is -0.0827 e. The van der Waals surface area contributed by atoms with Gasteiger partial charge in [-0.3, -0.25) is 0 Å². The second-order valence-corrected chi connectivity index (χ2v) is 7.29. The van der Waals surface area contributed by atoms with E-state index in [1.54, 1.807) is 0 Å². The minimum absolute atomic E-state index is 0.641. The van der Waals surface area contributed by atoms with E-state index in [0.717, 1.165) is 12.3 Å². The van der Waals surface area contributed by atoms with Crippen molar-refractivity contribution >= 4 is 23.2 Å². The molecule has 1 atom stereocenters. The van der Waals surface area contributed by atoms with E-state index in [1.165, 1.54) is 49.7 Å². The van der Waals surface area contributed by atoms with Crippen LogP contribution in [0.1, 0.15) is 50.2 Å². The zero-order valence-corrected chi connectivity index (χ0v) is 15.4. The third-order valence-corrected chi connectivity index (χ3v) is 5.15. The van der Waals surface area contributed by atoms with Gasteiger partial charge in [0, 0.05) is 0 Å². The van der Waals surface area contributed by atoms with Crippen molar-refractivity contribution in [1.82, 2.24) is 0 Å². The SMILES string of the molecule is CC(CCCCCc1ccccc1)CCc1ccc(Cl)c(Cl)c1. The molecule has 2 aromatic rings. The van der Waals surface area contributed by atoms with Gasteiger partial charge in [-0.1, -0.05) is 85.8 Å². The maximum Gasteiger partial charge on any atom is 0.0595 e. The van der Waals surface area contributed by atoms with Crippen LogP contribution < -0.4 is 0 Å². The first-order chi connectivity index (χ1) is 11.1. The van der Waals surface area contributed by atoms with Crippen LogP contribution in [0.25, 0.3) is 0 Å². The van der Waals surface area contributed by atoms with Crippen LogP contribution in [0.15, 0.2) is 48.5 Å². The normalized spacial score (nSPS) is 12.3. The van der Waals surface area contributed by atoms with Gasteiger partial charge in [0.2, 0.25) is 0 Å². The molecular formula is C21H26Cl2. The predicted molar refractivity (Wildman–Crippen MR) is 103 cm³/mol.